The van der Waals surface area contributed by atoms with E-state index in [4.69, 9.17) is 0 Å². The topological polar surface area (TPSA) is 75.0 Å². The Bertz CT molecular complexity index is 854. The van der Waals surface area contributed by atoms with Gasteiger partial charge in [-0.3, -0.25) is 4.79 Å². The number of rotatable bonds is 2. The van der Waals surface area contributed by atoms with Crippen LogP contribution in [-0.4, -0.2) is 15.7 Å². The standard InChI is InChI=1S/C15H10N2O3/c18-14-12-9-5-4-8-11(12)13(15(19)20)16-17(14)10-6-2-1-3-7-10/h1-9H,(H,19,20)/p-1. The van der Waals surface area contributed by atoms with Crippen LogP contribution >= 0.6 is 0 Å². The van der Waals surface area contributed by atoms with Gasteiger partial charge in [0.25, 0.3) is 5.56 Å². The number of carbonyl (C=O) groups excluding carboxylic acids is 1. The Morgan fingerprint density at radius 2 is 1.55 bits per heavy atom. The number of benzene rings is 2. The molecule has 5 heteroatoms. The first-order valence-corrected chi connectivity index (χ1v) is 5.97. The fourth-order valence-electron chi connectivity index (χ4n) is 2.08. The molecule has 0 amide bonds. The summed E-state index contributed by atoms with van der Waals surface area (Å²) in [5.74, 6) is -1.41. The smallest absolute Gasteiger partial charge is 0.279 e. The van der Waals surface area contributed by atoms with Crippen LogP contribution in [0.5, 0.6) is 0 Å². The van der Waals surface area contributed by atoms with Crippen molar-refractivity contribution in [3.05, 3.63) is 70.6 Å². The van der Waals surface area contributed by atoms with E-state index in [-0.39, 0.29) is 16.6 Å². The molecular weight excluding hydrogens is 256 g/mol. The number of fused-ring (bicyclic) bond motifs is 1. The van der Waals surface area contributed by atoms with Crippen molar-refractivity contribution in [2.75, 3.05) is 0 Å². The van der Waals surface area contributed by atoms with Crippen LogP contribution in [0.2, 0.25) is 0 Å². The summed E-state index contributed by atoms with van der Waals surface area (Å²) in [6.07, 6.45) is 0. The van der Waals surface area contributed by atoms with Crippen LogP contribution in [0, 0.1) is 0 Å². The second-order valence-electron chi connectivity index (χ2n) is 4.23. The number of para-hydroxylation sites is 1. The number of carboxylic acids is 1. The van der Waals surface area contributed by atoms with Gasteiger partial charge in [0.15, 0.2) is 0 Å². The minimum absolute atomic E-state index is 0.246. The van der Waals surface area contributed by atoms with Gasteiger partial charge in [-0.05, 0) is 18.2 Å². The third-order valence-corrected chi connectivity index (χ3v) is 3.00. The molecule has 98 valence electrons. The molecule has 1 heterocycles. The van der Waals surface area contributed by atoms with Crippen molar-refractivity contribution in [3.63, 3.8) is 0 Å². The summed E-state index contributed by atoms with van der Waals surface area (Å²) in [4.78, 5) is 23.6. The van der Waals surface area contributed by atoms with Gasteiger partial charge in [0, 0.05) is 5.39 Å². The fraction of sp³-hybridized carbons (Fsp3) is 0. The van der Waals surface area contributed by atoms with Gasteiger partial charge in [0.05, 0.1) is 17.0 Å². The lowest BCUT2D eigenvalue weighted by atomic mass is 10.1. The molecular formula is C15H9N2O3-. The van der Waals surface area contributed by atoms with Gasteiger partial charge in [-0.2, -0.15) is 9.78 Å². The van der Waals surface area contributed by atoms with E-state index < -0.39 is 5.97 Å². The summed E-state index contributed by atoms with van der Waals surface area (Å²) in [6, 6.07) is 15.1. The van der Waals surface area contributed by atoms with Gasteiger partial charge >= 0.3 is 0 Å². The lowest BCUT2D eigenvalue weighted by Gasteiger charge is -2.11. The second-order valence-corrected chi connectivity index (χ2v) is 4.23. The van der Waals surface area contributed by atoms with Crippen LogP contribution in [0.4, 0.5) is 0 Å². The van der Waals surface area contributed by atoms with E-state index in [2.05, 4.69) is 5.10 Å². The molecule has 5 nitrogen and oxygen atoms in total. The highest BCUT2D eigenvalue weighted by atomic mass is 16.4. The molecule has 0 aliphatic heterocycles. The van der Waals surface area contributed by atoms with E-state index >= 15 is 0 Å². The van der Waals surface area contributed by atoms with Crippen molar-refractivity contribution < 1.29 is 9.90 Å². The van der Waals surface area contributed by atoms with Crippen molar-refractivity contribution in [1.82, 2.24) is 9.78 Å². The SMILES string of the molecule is O=C([O-])c1nn(-c2ccccc2)c(=O)c2ccccc12. The Labute approximate surface area is 113 Å². The lowest BCUT2D eigenvalue weighted by molar-refractivity contribution is -0.255. The molecule has 0 radical (unpaired) electrons. The monoisotopic (exact) mass is 265 g/mol. The Balaban J connectivity index is 2.43. The first kappa shape index (κ1) is 12.1. The average Bonchev–Trinajstić information content (AvgIpc) is 2.48. The fourth-order valence-corrected chi connectivity index (χ4v) is 2.08. The highest BCUT2D eigenvalue weighted by Crippen LogP contribution is 2.14. The van der Waals surface area contributed by atoms with Gasteiger partial charge in [0.2, 0.25) is 0 Å². The first-order valence-electron chi connectivity index (χ1n) is 5.97. The van der Waals surface area contributed by atoms with Crippen molar-refractivity contribution in [3.8, 4) is 5.69 Å². The highest BCUT2D eigenvalue weighted by molar-refractivity contribution is 6.00. The van der Waals surface area contributed by atoms with Crippen molar-refractivity contribution in [2.45, 2.75) is 0 Å². The molecule has 0 N–H and O–H groups in total. The third-order valence-electron chi connectivity index (χ3n) is 3.00. The van der Waals surface area contributed by atoms with Gasteiger partial charge in [-0.1, -0.05) is 36.4 Å². The summed E-state index contributed by atoms with van der Waals surface area (Å²) in [7, 11) is 0. The Morgan fingerprint density at radius 3 is 2.20 bits per heavy atom. The number of hydrogen-bond donors (Lipinski definition) is 0. The van der Waals surface area contributed by atoms with Crippen molar-refractivity contribution in [1.29, 1.82) is 0 Å². The van der Waals surface area contributed by atoms with Crippen molar-refractivity contribution in [2.24, 2.45) is 0 Å². The van der Waals surface area contributed by atoms with Gasteiger partial charge in [0.1, 0.15) is 5.69 Å². The molecule has 0 aliphatic carbocycles. The van der Waals surface area contributed by atoms with Crippen LogP contribution in [0.3, 0.4) is 0 Å². The highest BCUT2D eigenvalue weighted by Gasteiger charge is 2.11. The summed E-state index contributed by atoms with van der Waals surface area (Å²) in [5, 5.41) is 15.7. The van der Waals surface area contributed by atoms with Crippen LogP contribution in [-0.2, 0) is 0 Å². The average molecular weight is 265 g/mol. The van der Waals surface area contributed by atoms with E-state index in [1.165, 1.54) is 0 Å². The normalized spacial score (nSPS) is 10.6. The maximum Gasteiger partial charge on any atom is 0.279 e. The Hall–Kier alpha value is -2.95. The predicted octanol–water partition coefficient (Wildman–Crippen LogP) is 0.749. The Kier molecular flexibility index (Phi) is 2.80. The molecule has 0 bridgehead atoms. The summed E-state index contributed by atoms with van der Waals surface area (Å²) >= 11 is 0. The molecule has 0 aliphatic rings. The number of carboxylic acid groups (broad SMARTS) is 1. The Morgan fingerprint density at radius 1 is 0.950 bits per heavy atom. The predicted molar refractivity (Wildman–Crippen MR) is 71.7 cm³/mol. The molecule has 1 aromatic heterocycles. The van der Waals surface area contributed by atoms with Crippen LogP contribution < -0.4 is 10.7 Å². The molecule has 3 aromatic rings. The van der Waals surface area contributed by atoms with E-state index in [0.717, 1.165) is 4.68 Å². The molecule has 20 heavy (non-hydrogen) atoms. The van der Waals surface area contributed by atoms with Crippen LogP contribution in [0.1, 0.15) is 10.5 Å². The third kappa shape index (κ3) is 1.85. The number of hydrogen-bond acceptors (Lipinski definition) is 4. The molecule has 3 rings (SSSR count). The molecule has 2 aromatic carbocycles. The summed E-state index contributed by atoms with van der Waals surface area (Å²) in [6.45, 7) is 0. The van der Waals surface area contributed by atoms with E-state index in [9.17, 15) is 14.7 Å². The molecule has 0 saturated heterocycles. The molecule has 0 saturated carbocycles. The maximum absolute atomic E-state index is 12.4. The summed E-state index contributed by atoms with van der Waals surface area (Å²) < 4.78 is 1.08. The zero-order chi connectivity index (χ0) is 14.1. The van der Waals surface area contributed by atoms with Crippen LogP contribution in [0.15, 0.2) is 59.4 Å². The maximum atomic E-state index is 12.4. The minimum Gasteiger partial charge on any atom is -0.543 e. The van der Waals surface area contributed by atoms with E-state index in [1.807, 2.05) is 0 Å². The second kappa shape index (κ2) is 4.62. The van der Waals surface area contributed by atoms with Crippen molar-refractivity contribution >= 4 is 16.7 Å². The number of aromatic carboxylic acids is 1. The summed E-state index contributed by atoms with van der Waals surface area (Å²) in [5.41, 5.74) is -0.105. The quantitative estimate of drug-likeness (QED) is 0.685. The number of aromatic nitrogens is 2. The molecule has 0 fully saturated rings. The van der Waals surface area contributed by atoms with E-state index in [1.54, 1.807) is 54.6 Å². The minimum atomic E-state index is -1.41. The largest absolute Gasteiger partial charge is 0.543 e. The van der Waals surface area contributed by atoms with Gasteiger partial charge in [-0.15, -0.1) is 0 Å². The molecule has 0 spiro atoms. The zero-order valence-electron chi connectivity index (χ0n) is 10.3. The van der Waals surface area contributed by atoms with Crippen LogP contribution in [0.25, 0.3) is 16.5 Å². The molecule has 0 atom stereocenters. The lowest BCUT2D eigenvalue weighted by Crippen LogP contribution is -2.30. The number of carbonyl (C=O) groups is 1. The van der Waals surface area contributed by atoms with Gasteiger partial charge in [-0.25, -0.2) is 0 Å². The van der Waals surface area contributed by atoms with Gasteiger partial charge < -0.3 is 9.90 Å². The molecule has 0 unspecified atom stereocenters. The van der Waals surface area contributed by atoms with E-state index in [0.29, 0.717) is 11.1 Å². The first-order chi connectivity index (χ1) is 9.68. The number of nitrogens with zero attached hydrogens (tertiary/aromatic N) is 2. The zero-order valence-corrected chi connectivity index (χ0v) is 10.3.